The number of nitrogens with zero attached hydrogens (tertiary/aromatic N) is 2. The first kappa shape index (κ1) is 14.8. The van der Waals surface area contributed by atoms with Crippen LogP contribution in [0.25, 0.3) is 21.7 Å². The van der Waals surface area contributed by atoms with E-state index in [-0.39, 0.29) is 0 Å². The van der Waals surface area contributed by atoms with Crippen molar-refractivity contribution in [2.24, 2.45) is 0 Å². The highest BCUT2D eigenvalue weighted by molar-refractivity contribution is 6.09. The predicted molar refractivity (Wildman–Crippen MR) is 98.7 cm³/mol. The van der Waals surface area contributed by atoms with Crippen LogP contribution in [0, 0.1) is 6.92 Å². The van der Waals surface area contributed by atoms with Crippen molar-refractivity contribution >= 4 is 21.7 Å². The van der Waals surface area contributed by atoms with E-state index in [4.69, 9.17) is 9.84 Å². The number of ether oxygens (including phenoxy) is 1. The van der Waals surface area contributed by atoms with Crippen molar-refractivity contribution in [2.45, 2.75) is 19.9 Å². The molecule has 0 aliphatic carbocycles. The second-order valence-electron chi connectivity index (χ2n) is 6.06. The molecule has 0 saturated heterocycles. The molecule has 0 spiro atoms. The Morgan fingerprint density at radius 1 is 0.917 bits per heavy atom. The van der Waals surface area contributed by atoms with Gasteiger partial charge in [-0.1, -0.05) is 54.6 Å². The van der Waals surface area contributed by atoms with Gasteiger partial charge in [0, 0.05) is 22.7 Å². The highest BCUT2D eigenvalue weighted by atomic mass is 16.5. The summed E-state index contributed by atoms with van der Waals surface area (Å²) in [4.78, 5) is 0. The Kier molecular flexibility index (Phi) is 3.69. The van der Waals surface area contributed by atoms with Gasteiger partial charge >= 0.3 is 0 Å². The van der Waals surface area contributed by atoms with Crippen molar-refractivity contribution in [3.63, 3.8) is 0 Å². The molecule has 120 valence electrons. The molecule has 0 N–H and O–H groups in total. The summed E-state index contributed by atoms with van der Waals surface area (Å²) in [6.45, 7) is 2.93. The van der Waals surface area contributed by atoms with Crippen molar-refractivity contribution in [2.75, 3.05) is 7.11 Å². The molecular weight excluding hydrogens is 296 g/mol. The molecule has 0 aliphatic rings. The van der Waals surface area contributed by atoms with E-state index in [0.717, 1.165) is 29.8 Å². The smallest absolute Gasteiger partial charge is 0.127 e. The van der Waals surface area contributed by atoms with Crippen LogP contribution in [0.1, 0.15) is 11.3 Å². The maximum absolute atomic E-state index is 5.59. The van der Waals surface area contributed by atoms with Crippen LogP contribution in [-0.4, -0.2) is 16.9 Å². The maximum atomic E-state index is 5.59. The summed E-state index contributed by atoms with van der Waals surface area (Å²) < 4.78 is 7.73. The van der Waals surface area contributed by atoms with Crippen molar-refractivity contribution in [1.29, 1.82) is 0 Å². The number of hydrogen-bond donors (Lipinski definition) is 0. The molecule has 0 amide bonds. The van der Waals surface area contributed by atoms with Crippen molar-refractivity contribution in [1.82, 2.24) is 9.78 Å². The van der Waals surface area contributed by atoms with E-state index in [1.165, 1.54) is 21.9 Å². The molecule has 3 aromatic carbocycles. The minimum Gasteiger partial charge on any atom is -0.496 e. The monoisotopic (exact) mass is 316 g/mol. The summed E-state index contributed by atoms with van der Waals surface area (Å²) in [5.74, 6) is 0.906. The molecule has 0 unspecified atom stereocenters. The number of aryl methyl sites for hydroxylation is 3. The van der Waals surface area contributed by atoms with Crippen LogP contribution in [0.4, 0.5) is 0 Å². The Labute approximate surface area is 141 Å². The third kappa shape index (κ3) is 2.42. The van der Waals surface area contributed by atoms with E-state index in [1.807, 2.05) is 6.07 Å². The summed E-state index contributed by atoms with van der Waals surface area (Å²) in [5, 5.41) is 8.28. The lowest BCUT2D eigenvalue weighted by Crippen LogP contribution is -2.03. The van der Waals surface area contributed by atoms with Gasteiger partial charge in [0.25, 0.3) is 0 Å². The van der Waals surface area contributed by atoms with Crippen molar-refractivity contribution < 1.29 is 4.74 Å². The second kappa shape index (κ2) is 6.00. The Hall–Kier alpha value is -2.81. The molecule has 4 rings (SSSR count). The SMILES string of the molecule is COc1cc2c(C)nn(CCc3ccccc3)c2c2ccccc12. The topological polar surface area (TPSA) is 27.1 Å². The Morgan fingerprint density at radius 2 is 1.62 bits per heavy atom. The molecule has 0 fully saturated rings. The van der Waals surface area contributed by atoms with Gasteiger partial charge in [-0.05, 0) is 25.0 Å². The van der Waals surface area contributed by atoms with Crippen molar-refractivity contribution in [3.8, 4) is 5.75 Å². The van der Waals surface area contributed by atoms with Crippen LogP contribution < -0.4 is 4.74 Å². The van der Waals surface area contributed by atoms with Gasteiger partial charge in [-0.25, -0.2) is 0 Å². The van der Waals surface area contributed by atoms with Gasteiger partial charge in [0.05, 0.1) is 18.3 Å². The molecule has 0 bridgehead atoms. The predicted octanol–water partition coefficient (Wildman–Crippen LogP) is 4.75. The first-order valence-electron chi connectivity index (χ1n) is 8.24. The van der Waals surface area contributed by atoms with Gasteiger partial charge in [-0.15, -0.1) is 0 Å². The van der Waals surface area contributed by atoms with Crippen LogP contribution in [0.2, 0.25) is 0 Å². The molecule has 0 atom stereocenters. The van der Waals surface area contributed by atoms with Gasteiger partial charge in [0.2, 0.25) is 0 Å². The molecule has 3 nitrogen and oxygen atoms in total. The Morgan fingerprint density at radius 3 is 2.38 bits per heavy atom. The average Bonchev–Trinajstić information content (AvgIpc) is 2.96. The average molecular weight is 316 g/mol. The van der Waals surface area contributed by atoms with Gasteiger partial charge in [-0.3, -0.25) is 4.68 Å². The van der Waals surface area contributed by atoms with Crippen LogP contribution in [0.3, 0.4) is 0 Å². The van der Waals surface area contributed by atoms with Gasteiger partial charge < -0.3 is 4.74 Å². The van der Waals surface area contributed by atoms with Crippen molar-refractivity contribution in [3.05, 3.63) is 71.9 Å². The molecule has 3 heteroatoms. The first-order chi connectivity index (χ1) is 11.8. The zero-order chi connectivity index (χ0) is 16.5. The van der Waals surface area contributed by atoms with E-state index >= 15 is 0 Å². The third-order valence-electron chi connectivity index (χ3n) is 4.57. The molecule has 1 heterocycles. The standard InChI is InChI=1S/C21H20N2O/c1-15-19-14-20(24-2)17-10-6-7-11-18(17)21(19)23(22-15)13-12-16-8-4-3-5-9-16/h3-11,14H,12-13H2,1-2H3. The summed E-state index contributed by atoms with van der Waals surface area (Å²) in [6, 6.07) is 21.1. The van der Waals surface area contributed by atoms with Crippen LogP contribution in [-0.2, 0) is 13.0 Å². The fourth-order valence-electron chi connectivity index (χ4n) is 3.38. The fraction of sp³-hybridized carbons (Fsp3) is 0.190. The molecule has 4 aromatic rings. The maximum Gasteiger partial charge on any atom is 0.127 e. The van der Waals surface area contributed by atoms with Gasteiger partial charge in [0.15, 0.2) is 0 Å². The fourth-order valence-corrected chi connectivity index (χ4v) is 3.38. The number of rotatable bonds is 4. The normalized spacial score (nSPS) is 11.2. The highest BCUT2D eigenvalue weighted by Crippen LogP contribution is 2.34. The van der Waals surface area contributed by atoms with E-state index in [0.29, 0.717) is 0 Å². The highest BCUT2D eigenvalue weighted by Gasteiger charge is 2.14. The number of aromatic nitrogens is 2. The quantitative estimate of drug-likeness (QED) is 0.543. The molecule has 0 saturated carbocycles. The lowest BCUT2D eigenvalue weighted by Gasteiger charge is -2.10. The summed E-state index contributed by atoms with van der Waals surface area (Å²) in [5.41, 5.74) is 3.57. The molecule has 0 radical (unpaired) electrons. The van der Waals surface area contributed by atoms with E-state index in [9.17, 15) is 0 Å². The summed E-state index contributed by atoms with van der Waals surface area (Å²) >= 11 is 0. The Bertz CT molecular complexity index is 1000. The third-order valence-corrected chi connectivity index (χ3v) is 4.57. The minimum absolute atomic E-state index is 0.866. The molecule has 1 aromatic heterocycles. The molecule has 0 aliphatic heterocycles. The first-order valence-corrected chi connectivity index (χ1v) is 8.24. The lowest BCUT2D eigenvalue weighted by atomic mass is 10.0. The number of benzene rings is 3. The zero-order valence-electron chi connectivity index (χ0n) is 14.0. The molecule has 24 heavy (non-hydrogen) atoms. The van der Waals surface area contributed by atoms with Gasteiger partial charge in [-0.2, -0.15) is 5.10 Å². The largest absolute Gasteiger partial charge is 0.496 e. The van der Waals surface area contributed by atoms with Crippen LogP contribution in [0.5, 0.6) is 5.75 Å². The van der Waals surface area contributed by atoms with E-state index in [2.05, 4.69) is 66.2 Å². The second-order valence-corrected chi connectivity index (χ2v) is 6.06. The number of hydrogen-bond acceptors (Lipinski definition) is 2. The zero-order valence-corrected chi connectivity index (χ0v) is 14.0. The molecular formula is C21H20N2O. The Balaban J connectivity index is 1.86. The van der Waals surface area contributed by atoms with E-state index < -0.39 is 0 Å². The summed E-state index contributed by atoms with van der Waals surface area (Å²) in [7, 11) is 1.72. The van der Waals surface area contributed by atoms with Gasteiger partial charge in [0.1, 0.15) is 5.75 Å². The lowest BCUT2D eigenvalue weighted by molar-refractivity contribution is 0.420. The van der Waals surface area contributed by atoms with Crippen LogP contribution >= 0.6 is 0 Å². The summed E-state index contributed by atoms with van der Waals surface area (Å²) in [6.07, 6.45) is 0.970. The number of fused-ring (bicyclic) bond motifs is 3. The number of methoxy groups -OCH3 is 1. The van der Waals surface area contributed by atoms with E-state index in [1.54, 1.807) is 7.11 Å². The van der Waals surface area contributed by atoms with Crippen LogP contribution in [0.15, 0.2) is 60.7 Å². The minimum atomic E-state index is 0.866.